The van der Waals surface area contributed by atoms with Crippen LogP contribution < -0.4 is 0 Å². The van der Waals surface area contributed by atoms with Crippen molar-refractivity contribution in [2.45, 2.75) is 31.7 Å². The van der Waals surface area contributed by atoms with E-state index in [1.807, 2.05) is 44.2 Å². The Morgan fingerprint density at radius 3 is 2.67 bits per heavy atom. The minimum absolute atomic E-state index is 0.0144. The van der Waals surface area contributed by atoms with Crippen molar-refractivity contribution in [2.24, 2.45) is 0 Å². The monoisotopic (exact) mass is 245 g/mol. The fourth-order valence-corrected chi connectivity index (χ4v) is 2.20. The van der Waals surface area contributed by atoms with Crippen molar-refractivity contribution in [3.05, 3.63) is 35.9 Å². The van der Waals surface area contributed by atoms with Gasteiger partial charge in [-0.3, -0.25) is 4.90 Å². The van der Waals surface area contributed by atoms with Crippen LogP contribution in [-0.4, -0.2) is 34.8 Å². The molecular formula is C15H19NO2. The van der Waals surface area contributed by atoms with Gasteiger partial charge in [0.25, 0.3) is 0 Å². The molecule has 0 spiro atoms. The van der Waals surface area contributed by atoms with Gasteiger partial charge in [-0.1, -0.05) is 36.3 Å². The quantitative estimate of drug-likeness (QED) is 0.824. The van der Waals surface area contributed by atoms with Crippen LogP contribution in [0.25, 0.3) is 0 Å². The van der Waals surface area contributed by atoms with Crippen molar-refractivity contribution in [2.75, 3.05) is 13.2 Å². The third kappa shape index (κ3) is 2.41. The molecule has 1 aliphatic rings. The van der Waals surface area contributed by atoms with Gasteiger partial charge < -0.3 is 9.84 Å². The van der Waals surface area contributed by atoms with Gasteiger partial charge in [-0.25, -0.2) is 0 Å². The predicted molar refractivity (Wildman–Crippen MR) is 70.8 cm³/mol. The Labute approximate surface area is 108 Å². The second-order valence-corrected chi connectivity index (χ2v) is 5.06. The second-order valence-electron chi connectivity index (χ2n) is 5.06. The largest absolute Gasteiger partial charge is 0.394 e. The second kappa shape index (κ2) is 5.11. The van der Waals surface area contributed by atoms with Crippen LogP contribution in [0, 0.1) is 12.3 Å². The van der Waals surface area contributed by atoms with E-state index in [0.29, 0.717) is 6.54 Å². The maximum absolute atomic E-state index is 9.28. The first-order chi connectivity index (χ1) is 8.58. The van der Waals surface area contributed by atoms with E-state index in [0.717, 1.165) is 5.56 Å². The van der Waals surface area contributed by atoms with Crippen LogP contribution in [0.15, 0.2) is 30.3 Å². The van der Waals surface area contributed by atoms with Crippen LogP contribution in [-0.2, 0) is 4.74 Å². The lowest BCUT2D eigenvalue weighted by atomic mass is 10.0. The maximum Gasteiger partial charge on any atom is 0.138 e. The van der Waals surface area contributed by atoms with E-state index in [1.54, 1.807) is 0 Å². The number of aliphatic hydroxyl groups excluding tert-OH is 1. The van der Waals surface area contributed by atoms with Gasteiger partial charge in [0.1, 0.15) is 6.23 Å². The van der Waals surface area contributed by atoms with E-state index >= 15 is 0 Å². The highest BCUT2D eigenvalue weighted by atomic mass is 16.5. The molecule has 0 saturated carbocycles. The summed E-state index contributed by atoms with van der Waals surface area (Å²) < 4.78 is 5.88. The van der Waals surface area contributed by atoms with E-state index in [1.165, 1.54) is 0 Å². The lowest BCUT2D eigenvalue weighted by molar-refractivity contribution is -0.0356. The molecule has 96 valence electrons. The van der Waals surface area contributed by atoms with Gasteiger partial charge in [-0.2, -0.15) is 0 Å². The molecule has 1 heterocycles. The third-order valence-electron chi connectivity index (χ3n) is 3.36. The molecule has 1 aromatic carbocycles. The fraction of sp³-hybridized carbons (Fsp3) is 0.467. The van der Waals surface area contributed by atoms with Crippen LogP contribution in [0.3, 0.4) is 0 Å². The summed E-state index contributed by atoms with van der Waals surface area (Å²) >= 11 is 0. The number of hydrogen-bond acceptors (Lipinski definition) is 3. The summed E-state index contributed by atoms with van der Waals surface area (Å²) in [5.41, 5.74) is 0.668. The fourth-order valence-electron chi connectivity index (χ4n) is 2.20. The summed E-state index contributed by atoms with van der Waals surface area (Å²) in [7, 11) is 0. The SMILES string of the molecule is C#CC(C)(C)N1C[C@@H](CO)O[C@H]1c1ccccc1. The zero-order chi connectivity index (χ0) is 13.2. The van der Waals surface area contributed by atoms with Crippen LogP contribution in [0.5, 0.6) is 0 Å². The van der Waals surface area contributed by atoms with Crippen molar-refractivity contribution >= 4 is 0 Å². The zero-order valence-electron chi connectivity index (χ0n) is 10.8. The average Bonchev–Trinajstić information content (AvgIpc) is 2.85. The van der Waals surface area contributed by atoms with Gasteiger partial charge in [-0.05, 0) is 19.4 Å². The first-order valence-electron chi connectivity index (χ1n) is 6.14. The molecule has 0 radical (unpaired) electrons. The Kier molecular flexibility index (Phi) is 3.72. The smallest absolute Gasteiger partial charge is 0.138 e. The molecule has 3 nitrogen and oxygen atoms in total. The predicted octanol–water partition coefficient (Wildman–Crippen LogP) is 1.79. The number of aliphatic hydroxyl groups is 1. The molecule has 1 N–H and O–H groups in total. The molecular weight excluding hydrogens is 226 g/mol. The summed E-state index contributed by atoms with van der Waals surface area (Å²) in [6.07, 6.45) is 5.24. The summed E-state index contributed by atoms with van der Waals surface area (Å²) in [6.45, 7) is 4.64. The van der Waals surface area contributed by atoms with Crippen molar-refractivity contribution < 1.29 is 9.84 Å². The lowest BCUT2D eigenvalue weighted by Crippen LogP contribution is -2.43. The van der Waals surface area contributed by atoms with E-state index < -0.39 is 5.54 Å². The minimum Gasteiger partial charge on any atom is -0.394 e. The minimum atomic E-state index is -0.398. The highest BCUT2D eigenvalue weighted by Crippen LogP contribution is 2.35. The summed E-state index contributed by atoms with van der Waals surface area (Å²) in [4.78, 5) is 2.11. The molecule has 2 atom stereocenters. The molecule has 0 unspecified atom stereocenters. The summed E-state index contributed by atoms with van der Waals surface area (Å²) in [6, 6.07) is 9.96. The molecule has 3 heteroatoms. The molecule has 1 fully saturated rings. The molecule has 18 heavy (non-hydrogen) atoms. The third-order valence-corrected chi connectivity index (χ3v) is 3.36. The Morgan fingerprint density at radius 2 is 2.11 bits per heavy atom. The Balaban J connectivity index is 2.30. The van der Waals surface area contributed by atoms with Crippen molar-refractivity contribution in [3.63, 3.8) is 0 Å². The number of benzene rings is 1. The van der Waals surface area contributed by atoms with Gasteiger partial charge in [0, 0.05) is 6.54 Å². The highest BCUT2D eigenvalue weighted by molar-refractivity contribution is 5.21. The molecule has 1 aromatic rings. The molecule has 0 bridgehead atoms. The first kappa shape index (κ1) is 13.1. The van der Waals surface area contributed by atoms with Gasteiger partial charge in [0.05, 0.1) is 18.2 Å². The number of nitrogens with zero attached hydrogens (tertiary/aromatic N) is 1. The number of hydrogen-bond donors (Lipinski definition) is 1. The molecule has 0 amide bonds. The van der Waals surface area contributed by atoms with E-state index in [2.05, 4.69) is 10.8 Å². The van der Waals surface area contributed by atoms with Gasteiger partial charge in [-0.15, -0.1) is 6.42 Å². The highest BCUT2D eigenvalue weighted by Gasteiger charge is 2.40. The Bertz CT molecular complexity index is 436. The van der Waals surface area contributed by atoms with Gasteiger partial charge in [0.2, 0.25) is 0 Å². The van der Waals surface area contributed by atoms with Crippen LogP contribution >= 0.6 is 0 Å². The number of terminal acetylenes is 1. The van der Waals surface area contributed by atoms with Crippen molar-refractivity contribution in [1.82, 2.24) is 4.90 Å². The molecule has 1 aliphatic heterocycles. The lowest BCUT2D eigenvalue weighted by Gasteiger charge is -2.34. The van der Waals surface area contributed by atoms with Gasteiger partial charge in [0.15, 0.2) is 0 Å². The van der Waals surface area contributed by atoms with Crippen molar-refractivity contribution in [1.29, 1.82) is 0 Å². The Hall–Kier alpha value is -1.34. The number of rotatable bonds is 3. The molecule has 1 saturated heterocycles. The summed E-state index contributed by atoms with van der Waals surface area (Å²) in [5, 5.41) is 9.28. The Morgan fingerprint density at radius 1 is 1.44 bits per heavy atom. The maximum atomic E-state index is 9.28. The standard InChI is InChI=1S/C15H19NO2/c1-4-15(2,3)16-10-13(11-17)18-14(16)12-8-6-5-7-9-12/h1,5-9,13-14,17H,10-11H2,2-3H3/t13-,14-/m0/s1. The van der Waals surface area contributed by atoms with Crippen LogP contribution in [0.1, 0.15) is 25.6 Å². The number of ether oxygens (including phenoxy) is 1. The normalized spacial score (nSPS) is 25.0. The molecule has 0 aliphatic carbocycles. The topological polar surface area (TPSA) is 32.7 Å². The van der Waals surface area contributed by atoms with Crippen LogP contribution in [0.4, 0.5) is 0 Å². The van der Waals surface area contributed by atoms with E-state index in [-0.39, 0.29) is 18.9 Å². The van der Waals surface area contributed by atoms with Crippen molar-refractivity contribution in [3.8, 4) is 12.3 Å². The average molecular weight is 245 g/mol. The van der Waals surface area contributed by atoms with E-state index in [9.17, 15) is 5.11 Å². The molecule has 2 rings (SSSR count). The van der Waals surface area contributed by atoms with Gasteiger partial charge >= 0.3 is 0 Å². The van der Waals surface area contributed by atoms with Crippen LogP contribution in [0.2, 0.25) is 0 Å². The zero-order valence-corrected chi connectivity index (χ0v) is 10.8. The summed E-state index contributed by atoms with van der Waals surface area (Å²) in [5.74, 6) is 2.79. The van der Waals surface area contributed by atoms with E-state index in [4.69, 9.17) is 11.2 Å². The first-order valence-corrected chi connectivity index (χ1v) is 6.14. The molecule has 0 aromatic heterocycles.